The molecule has 30 heavy (non-hydrogen) atoms. The first-order valence-corrected chi connectivity index (χ1v) is 11.2. The lowest BCUT2D eigenvalue weighted by Crippen LogP contribution is -2.41. The number of sulfone groups is 1. The van der Waals surface area contributed by atoms with Gasteiger partial charge in [-0.2, -0.15) is 0 Å². The lowest BCUT2D eigenvalue weighted by Gasteiger charge is -2.34. The maximum absolute atomic E-state index is 12.5. The number of hydrogen-bond donors (Lipinski definition) is 0. The third kappa shape index (κ3) is 4.10. The fourth-order valence-electron chi connectivity index (χ4n) is 3.35. The number of aromatic nitrogens is 4. The lowest BCUT2D eigenvalue weighted by molar-refractivity contribution is 0.0389. The molecule has 10 heteroatoms. The van der Waals surface area contributed by atoms with E-state index in [0.29, 0.717) is 37.0 Å². The van der Waals surface area contributed by atoms with E-state index in [1.807, 2.05) is 4.90 Å². The van der Waals surface area contributed by atoms with Crippen molar-refractivity contribution >= 4 is 15.8 Å². The van der Waals surface area contributed by atoms with Gasteiger partial charge in [0.05, 0.1) is 29.4 Å². The average Bonchev–Trinajstić information content (AvgIpc) is 2.76. The molecule has 1 fully saturated rings. The number of ether oxygens (including phenoxy) is 1. The predicted octanol–water partition coefficient (Wildman–Crippen LogP) is 1.22. The van der Waals surface area contributed by atoms with Gasteiger partial charge in [-0.3, -0.25) is 9.36 Å². The van der Waals surface area contributed by atoms with Crippen LogP contribution in [0.25, 0.3) is 11.4 Å². The molecular formula is C20H21N5O4S. The third-order valence-corrected chi connectivity index (χ3v) is 6.11. The third-order valence-electron chi connectivity index (χ3n) is 4.98. The Bertz CT molecular complexity index is 1210. The largest absolute Gasteiger partial charge is 0.370 e. The molecule has 1 saturated heterocycles. The molecule has 0 aliphatic carbocycles. The van der Waals surface area contributed by atoms with Crippen LogP contribution in [0.1, 0.15) is 11.7 Å². The highest BCUT2D eigenvalue weighted by atomic mass is 32.2. The standard InChI is InChI=1S/C20H21N5O4S/c1-24-19(26)11-17(16-7-8-21-13-22-16)23-20(24)25-9-10-29-18(12-25)14-3-5-15(6-4-14)30(2,27)28/h3-8,11,13,18H,9-10,12H2,1-2H3. The van der Waals surface area contributed by atoms with Crippen molar-refractivity contribution in [1.82, 2.24) is 19.5 Å². The van der Waals surface area contributed by atoms with Crippen LogP contribution in [0, 0.1) is 0 Å². The van der Waals surface area contributed by atoms with Gasteiger partial charge in [0, 0.05) is 32.1 Å². The molecule has 0 bridgehead atoms. The number of morpholine rings is 1. The monoisotopic (exact) mass is 427 g/mol. The van der Waals surface area contributed by atoms with Crippen LogP contribution >= 0.6 is 0 Å². The number of anilines is 1. The SMILES string of the molecule is Cn1c(N2CCOC(c3ccc(S(C)(=O)=O)cc3)C2)nc(-c2ccncn2)cc1=O. The molecule has 4 rings (SSSR count). The summed E-state index contributed by atoms with van der Waals surface area (Å²) >= 11 is 0. The second kappa shape index (κ2) is 7.96. The molecule has 1 aliphatic heterocycles. The Morgan fingerprint density at radius 1 is 1.13 bits per heavy atom. The molecule has 0 saturated carbocycles. The summed E-state index contributed by atoms with van der Waals surface area (Å²) in [6.07, 6.45) is 3.93. The smallest absolute Gasteiger partial charge is 0.255 e. The normalized spacial score (nSPS) is 17.1. The molecule has 0 radical (unpaired) electrons. The summed E-state index contributed by atoms with van der Waals surface area (Å²) in [5.74, 6) is 0.525. The van der Waals surface area contributed by atoms with Crippen molar-refractivity contribution in [2.24, 2.45) is 7.05 Å². The number of nitrogens with zero attached hydrogens (tertiary/aromatic N) is 5. The van der Waals surface area contributed by atoms with Crippen molar-refractivity contribution < 1.29 is 13.2 Å². The first-order valence-electron chi connectivity index (χ1n) is 9.34. The molecular weight excluding hydrogens is 406 g/mol. The van der Waals surface area contributed by atoms with Gasteiger partial charge in [-0.25, -0.2) is 23.4 Å². The highest BCUT2D eigenvalue weighted by Gasteiger charge is 2.25. The molecule has 3 aromatic rings. The van der Waals surface area contributed by atoms with Crippen LogP contribution in [0.15, 0.2) is 58.6 Å². The molecule has 1 atom stereocenters. The van der Waals surface area contributed by atoms with Crippen LogP contribution in [-0.2, 0) is 21.6 Å². The first-order chi connectivity index (χ1) is 14.3. The quantitative estimate of drug-likeness (QED) is 0.612. The molecule has 1 unspecified atom stereocenters. The van der Waals surface area contributed by atoms with Crippen molar-refractivity contribution in [3.63, 3.8) is 0 Å². The minimum absolute atomic E-state index is 0.186. The Morgan fingerprint density at radius 2 is 1.90 bits per heavy atom. The Kier molecular flexibility index (Phi) is 5.35. The molecule has 0 amide bonds. The van der Waals surface area contributed by atoms with Gasteiger partial charge in [0.2, 0.25) is 5.95 Å². The number of rotatable bonds is 4. The zero-order valence-corrected chi connectivity index (χ0v) is 17.4. The van der Waals surface area contributed by atoms with E-state index in [1.165, 1.54) is 23.2 Å². The maximum Gasteiger partial charge on any atom is 0.255 e. The summed E-state index contributed by atoms with van der Waals surface area (Å²) < 4.78 is 30.8. The Morgan fingerprint density at radius 3 is 2.57 bits per heavy atom. The summed E-state index contributed by atoms with van der Waals surface area (Å²) in [5, 5.41) is 0. The van der Waals surface area contributed by atoms with Crippen LogP contribution in [0.3, 0.4) is 0 Å². The topological polar surface area (TPSA) is 107 Å². The van der Waals surface area contributed by atoms with Crippen LogP contribution in [-0.4, -0.2) is 53.9 Å². The molecule has 1 aliphatic rings. The maximum atomic E-state index is 12.5. The van der Waals surface area contributed by atoms with Crippen molar-refractivity contribution in [2.45, 2.75) is 11.0 Å². The summed E-state index contributed by atoms with van der Waals surface area (Å²) in [6, 6.07) is 9.83. The summed E-state index contributed by atoms with van der Waals surface area (Å²) in [6.45, 7) is 1.50. The molecule has 0 spiro atoms. The van der Waals surface area contributed by atoms with Gasteiger partial charge >= 0.3 is 0 Å². The second-order valence-corrected chi connectivity index (χ2v) is 9.10. The van der Waals surface area contributed by atoms with Crippen molar-refractivity contribution in [3.8, 4) is 11.4 Å². The molecule has 0 N–H and O–H groups in total. The first kappa shape index (κ1) is 20.2. The highest BCUT2D eigenvalue weighted by molar-refractivity contribution is 7.90. The van der Waals surface area contributed by atoms with Crippen molar-refractivity contribution in [1.29, 1.82) is 0 Å². The number of hydrogen-bond acceptors (Lipinski definition) is 8. The molecule has 1 aromatic carbocycles. The van der Waals surface area contributed by atoms with E-state index in [0.717, 1.165) is 5.56 Å². The predicted molar refractivity (Wildman–Crippen MR) is 111 cm³/mol. The van der Waals surface area contributed by atoms with E-state index in [4.69, 9.17) is 4.74 Å². The Hall–Kier alpha value is -3.11. The van der Waals surface area contributed by atoms with Gasteiger partial charge in [0.25, 0.3) is 5.56 Å². The zero-order valence-electron chi connectivity index (χ0n) is 16.6. The van der Waals surface area contributed by atoms with Gasteiger partial charge in [-0.15, -0.1) is 0 Å². The van der Waals surface area contributed by atoms with E-state index in [-0.39, 0.29) is 16.6 Å². The molecule has 156 valence electrons. The fourth-order valence-corrected chi connectivity index (χ4v) is 3.98. The van der Waals surface area contributed by atoms with Gasteiger partial charge in [-0.05, 0) is 23.8 Å². The van der Waals surface area contributed by atoms with Crippen molar-refractivity contribution in [3.05, 3.63) is 64.8 Å². The minimum Gasteiger partial charge on any atom is -0.370 e. The molecule has 2 aromatic heterocycles. The van der Waals surface area contributed by atoms with E-state index in [2.05, 4.69) is 15.0 Å². The van der Waals surface area contributed by atoms with Crippen LogP contribution in [0.4, 0.5) is 5.95 Å². The average molecular weight is 427 g/mol. The van der Waals surface area contributed by atoms with E-state index in [1.54, 1.807) is 43.6 Å². The summed E-state index contributed by atoms with van der Waals surface area (Å²) in [4.78, 5) is 27.5. The summed E-state index contributed by atoms with van der Waals surface area (Å²) in [7, 11) is -1.57. The fraction of sp³-hybridized carbons (Fsp3) is 0.300. The lowest BCUT2D eigenvalue weighted by atomic mass is 10.1. The van der Waals surface area contributed by atoms with Gasteiger partial charge in [-0.1, -0.05) is 12.1 Å². The van der Waals surface area contributed by atoms with Gasteiger partial charge < -0.3 is 9.64 Å². The zero-order chi connectivity index (χ0) is 21.3. The van der Waals surface area contributed by atoms with Gasteiger partial charge in [0.1, 0.15) is 12.4 Å². The Labute approximate surface area is 173 Å². The highest BCUT2D eigenvalue weighted by Crippen LogP contribution is 2.26. The minimum atomic E-state index is -3.26. The summed E-state index contributed by atoms with van der Waals surface area (Å²) in [5.41, 5.74) is 1.74. The van der Waals surface area contributed by atoms with Crippen LogP contribution < -0.4 is 10.5 Å². The van der Waals surface area contributed by atoms with Gasteiger partial charge in [0.15, 0.2) is 9.84 Å². The molecule has 3 heterocycles. The number of benzene rings is 1. The molecule has 9 nitrogen and oxygen atoms in total. The Balaban J connectivity index is 1.63. The van der Waals surface area contributed by atoms with E-state index in [9.17, 15) is 13.2 Å². The second-order valence-electron chi connectivity index (χ2n) is 7.08. The van der Waals surface area contributed by atoms with E-state index >= 15 is 0 Å². The van der Waals surface area contributed by atoms with Crippen LogP contribution in [0.2, 0.25) is 0 Å². The van der Waals surface area contributed by atoms with Crippen LogP contribution in [0.5, 0.6) is 0 Å². The van der Waals surface area contributed by atoms with E-state index < -0.39 is 9.84 Å². The van der Waals surface area contributed by atoms with Crippen molar-refractivity contribution in [2.75, 3.05) is 30.9 Å².